The van der Waals surface area contributed by atoms with Crippen molar-refractivity contribution in [1.82, 2.24) is 10.1 Å². The van der Waals surface area contributed by atoms with Crippen molar-refractivity contribution in [3.63, 3.8) is 0 Å². The van der Waals surface area contributed by atoms with E-state index in [0.717, 1.165) is 19.4 Å². The quantitative estimate of drug-likeness (QED) is 0.787. The molecule has 1 saturated carbocycles. The highest BCUT2D eigenvalue weighted by atomic mass is 16.5. The molecule has 1 aromatic carbocycles. The van der Waals surface area contributed by atoms with Crippen LogP contribution in [0.1, 0.15) is 31.6 Å². The van der Waals surface area contributed by atoms with Crippen LogP contribution < -0.4 is 5.46 Å². The number of rotatable bonds is 5. The minimum atomic E-state index is -1.50. The zero-order chi connectivity index (χ0) is 14.8. The van der Waals surface area contributed by atoms with Crippen molar-refractivity contribution >= 4 is 12.6 Å². The number of benzene rings is 1. The third kappa shape index (κ3) is 3.00. The average Bonchev–Trinajstić information content (AvgIpc) is 2.91. The first-order valence-electron chi connectivity index (χ1n) is 7.09. The maximum absolute atomic E-state index is 9.19. The second-order valence-electron chi connectivity index (χ2n) is 5.20. The van der Waals surface area contributed by atoms with Crippen molar-refractivity contribution in [2.24, 2.45) is 0 Å². The summed E-state index contributed by atoms with van der Waals surface area (Å²) in [7, 11) is -1.50. The SMILES string of the molecule is CCOC1CC(c2nc(-c3cccc(B(O)O)c3)no2)C1. The molecule has 2 N–H and O–H groups in total. The van der Waals surface area contributed by atoms with Crippen LogP contribution in [0.5, 0.6) is 0 Å². The van der Waals surface area contributed by atoms with Crippen molar-refractivity contribution in [1.29, 1.82) is 0 Å². The standard InChI is InChI=1S/C14H17BN2O4/c1-2-20-12-7-10(8-12)14-16-13(17-21-14)9-4-3-5-11(6-9)15(18)19/h3-6,10,12,18-19H,2,7-8H2,1H3. The molecule has 21 heavy (non-hydrogen) atoms. The molecule has 0 aliphatic heterocycles. The summed E-state index contributed by atoms with van der Waals surface area (Å²) in [6.07, 6.45) is 2.11. The lowest BCUT2D eigenvalue weighted by atomic mass is 9.79. The van der Waals surface area contributed by atoms with Crippen LogP contribution in [0.15, 0.2) is 28.8 Å². The Bertz CT molecular complexity index is 611. The Balaban J connectivity index is 1.72. The van der Waals surface area contributed by atoms with Gasteiger partial charge in [0.1, 0.15) is 0 Å². The molecule has 0 saturated heterocycles. The van der Waals surface area contributed by atoms with Gasteiger partial charge in [-0.25, -0.2) is 0 Å². The van der Waals surface area contributed by atoms with Gasteiger partial charge in [-0.3, -0.25) is 0 Å². The third-order valence-corrected chi connectivity index (χ3v) is 3.73. The molecule has 7 heteroatoms. The number of ether oxygens (including phenoxy) is 1. The van der Waals surface area contributed by atoms with E-state index in [9.17, 15) is 10.0 Å². The molecule has 0 spiro atoms. The third-order valence-electron chi connectivity index (χ3n) is 3.73. The van der Waals surface area contributed by atoms with Gasteiger partial charge in [0, 0.05) is 18.1 Å². The van der Waals surface area contributed by atoms with E-state index in [2.05, 4.69) is 10.1 Å². The lowest BCUT2D eigenvalue weighted by Gasteiger charge is -2.32. The highest BCUT2D eigenvalue weighted by Gasteiger charge is 2.34. The molecule has 0 unspecified atom stereocenters. The van der Waals surface area contributed by atoms with Gasteiger partial charge >= 0.3 is 7.12 Å². The van der Waals surface area contributed by atoms with Crippen molar-refractivity contribution in [2.75, 3.05) is 6.61 Å². The van der Waals surface area contributed by atoms with Gasteiger partial charge in [0.25, 0.3) is 0 Å². The topological polar surface area (TPSA) is 88.6 Å². The number of nitrogens with zero attached hydrogens (tertiary/aromatic N) is 2. The van der Waals surface area contributed by atoms with Crippen LogP contribution >= 0.6 is 0 Å². The molecule has 110 valence electrons. The van der Waals surface area contributed by atoms with Crippen LogP contribution in [-0.2, 0) is 4.74 Å². The van der Waals surface area contributed by atoms with Crippen LogP contribution in [0.2, 0.25) is 0 Å². The molecular weight excluding hydrogens is 271 g/mol. The molecule has 1 aliphatic rings. The second-order valence-corrected chi connectivity index (χ2v) is 5.20. The highest BCUT2D eigenvalue weighted by molar-refractivity contribution is 6.58. The summed E-state index contributed by atoms with van der Waals surface area (Å²) in [6.45, 7) is 2.71. The fraction of sp³-hybridized carbons (Fsp3) is 0.429. The average molecular weight is 288 g/mol. The van der Waals surface area contributed by atoms with Crippen molar-refractivity contribution in [2.45, 2.75) is 31.8 Å². The summed E-state index contributed by atoms with van der Waals surface area (Å²) in [5.74, 6) is 1.35. The van der Waals surface area contributed by atoms with Gasteiger partial charge in [0.15, 0.2) is 0 Å². The highest BCUT2D eigenvalue weighted by Crippen LogP contribution is 2.38. The van der Waals surface area contributed by atoms with Crippen LogP contribution in [0.3, 0.4) is 0 Å². The lowest BCUT2D eigenvalue weighted by molar-refractivity contribution is -0.00961. The van der Waals surface area contributed by atoms with Crippen LogP contribution in [-0.4, -0.2) is 40.0 Å². The maximum atomic E-state index is 9.19. The second kappa shape index (κ2) is 5.97. The van der Waals surface area contributed by atoms with Gasteiger partial charge in [0.05, 0.1) is 6.10 Å². The number of hydrogen-bond acceptors (Lipinski definition) is 6. The molecule has 1 aliphatic carbocycles. The normalized spacial score (nSPS) is 21.1. The molecule has 2 aromatic rings. The minimum absolute atomic E-state index is 0.259. The Morgan fingerprint density at radius 2 is 2.19 bits per heavy atom. The minimum Gasteiger partial charge on any atom is -0.423 e. The first kappa shape index (κ1) is 14.3. The molecule has 1 fully saturated rings. The van der Waals surface area contributed by atoms with E-state index >= 15 is 0 Å². The first-order valence-corrected chi connectivity index (χ1v) is 7.09. The van der Waals surface area contributed by atoms with Gasteiger partial charge in [0.2, 0.25) is 11.7 Å². The lowest BCUT2D eigenvalue weighted by Crippen LogP contribution is -2.30. The van der Waals surface area contributed by atoms with E-state index in [1.807, 2.05) is 13.0 Å². The van der Waals surface area contributed by atoms with E-state index in [1.165, 1.54) is 0 Å². The summed E-state index contributed by atoms with van der Waals surface area (Å²) < 4.78 is 10.8. The fourth-order valence-corrected chi connectivity index (χ4v) is 2.50. The molecule has 3 rings (SSSR count). The molecule has 0 radical (unpaired) electrons. The Morgan fingerprint density at radius 3 is 2.90 bits per heavy atom. The smallest absolute Gasteiger partial charge is 0.423 e. The molecule has 1 heterocycles. The molecular formula is C14H17BN2O4. The van der Waals surface area contributed by atoms with Gasteiger partial charge in [-0.05, 0) is 25.2 Å². The summed E-state index contributed by atoms with van der Waals surface area (Å²) in [4.78, 5) is 4.40. The summed E-state index contributed by atoms with van der Waals surface area (Å²) in [5, 5.41) is 22.4. The van der Waals surface area contributed by atoms with Gasteiger partial charge < -0.3 is 19.3 Å². The fourth-order valence-electron chi connectivity index (χ4n) is 2.50. The van der Waals surface area contributed by atoms with Gasteiger partial charge in [-0.1, -0.05) is 29.4 Å². The number of aromatic nitrogens is 2. The zero-order valence-electron chi connectivity index (χ0n) is 11.8. The van der Waals surface area contributed by atoms with E-state index in [0.29, 0.717) is 28.8 Å². The van der Waals surface area contributed by atoms with Crippen LogP contribution in [0.25, 0.3) is 11.4 Å². The molecule has 6 nitrogen and oxygen atoms in total. The van der Waals surface area contributed by atoms with E-state index in [1.54, 1.807) is 18.2 Å². The molecule has 0 bridgehead atoms. The van der Waals surface area contributed by atoms with Crippen molar-refractivity contribution in [3.8, 4) is 11.4 Å². The molecule has 0 atom stereocenters. The Kier molecular flexibility index (Phi) is 4.05. The van der Waals surface area contributed by atoms with Crippen LogP contribution in [0.4, 0.5) is 0 Å². The number of hydrogen-bond donors (Lipinski definition) is 2. The summed E-state index contributed by atoms with van der Waals surface area (Å²) in [5.41, 5.74) is 1.11. The monoisotopic (exact) mass is 288 g/mol. The first-order chi connectivity index (χ1) is 10.2. The summed E-state index contributed by atoms with van der Waals surface area (Å²) in [6, 6.07) is 6.82. The van der Waals surface area contributed by atoms with Crippen molar-refractivity contribution < 1.29 is 19.3 Å². The van der Waals surface area contributed by atoms with E-state index in [4.69, 9.17) is 9.26 Å². The predicted octanol–water partition coefficient (Wildman–Crippen LogP) is 0.699. The zero-order valence-corrected chi connectivity index (χ0v) is 11.8. The maximum Gasteiger partial charge on any atom is 0.488 e. The predicted molar refractivity (Wildman–Crippen MR) is 76.9 cm³/mol. The Morgan fingerprint density at radius 1 is 1.38 bits per heavy atom. The molecule has 0 amide bonds. The van der Waals surface area contributed by atoms with E-state index < -0.39 is 7.12 Å². The van der Waals surface area contributed by atoms with E-state index in [-0.39, 0.29) is 5.92 Å². The largest absolute Gasteiger partial charge is 0.488 e. The molecule has 1 aromatic heterocycles. The van der Waals surface area contributed by atoms with Crippen LogP contribution in [0, 0.1) is 0 Å². The van der Waals surface area contributed by atoms with Crippen molar-refractivity contribution in [3.05, 3.63) is 30.2 Å². The van der Waals surface area contributed by atoms with Gasteiger partial charge in [-0.15, -0.1) is 0 Å². The Labute approximate surface area is 122 Å². The summed E-state index contributed by atoms with van der Waals surface area (Å²) >= 11 is 0. The Hall–Kier alpha value is -1.70. The van der Waals surface area contributed by atoms with Gasteiger partial charge in [-0.2, -0.15) is 4.98 Å².